The zero-order valence-corrected chi connectivity index (χ0v) is 21.9. The van der Waals surface area contributed by atoms with E-state index in [0.29, 0.717) is 38.0 Å². The van der Waals surface area contributed by atoms with Gasteiger partial charge in [-0.15, -0.1) is 5.10 Å². The number of nitrogens with one attached hydrogen (secondary N) is 1. The van der Waals surface area contributed by atoms with Gasteiger partial charge >= 0.3 is 0 Å². The van der Waals surface area contributed by atoms with Crippen LogP contribution in [0.2, 0.25) is 10.0 Å². The molecule has 1 aliphatic rings. The molecule has 1 unspecified atom stereocenters. The number of ether oxygens (including phenoxy) is 1. The number of carbonyl (C=O) groups is 1. The SMILES string of the molecule is COc1ccc(C2C(C(=O)c3ccc(Cl)cc3)=C(C)Nc3nc(SCc4ccc(Cl)cc4)nn32)cc1. The molecule has 182 valence electrons. The first kappa shape index (κ1) is 24.4. The van der Waals surface area contributed by atoms with Crippen LogP contribution in [0.15, 0.2) is 89.2 Å². The van der Waals surface area contributed by atoms with E-state index in [2.05, 4.69) is 5.32 Å². The molecule has 1 atom stereocenters. The minimum Gasteiger partial charge on any atom is -0.497 e. The molecule has 0 spiro atoms. The van der Waals surface area contributed by atoms with Crippen LogP contribution in [0.5, 0.6) is 5.75 Å². The highest BCUT2D eigenvalue weighted by Gasteiger charge is 2.34. The van der Waals surface area contributed by atoms with Crippen LogP contribution in [0.3, 0.4) is 0 Å². The standard InChI is InChI=1S/C27H22Cl2N4O2S/c1-16-23(25(34)19-5-11-21(29)12-6-19)24(18-7-13-22(35-2)14-8-18)33-26(30-16)31-27(32-33)36-15-17-3-9-20(28)10-4-17/h3-14,24H,15H2,1-2H3,(H,30,31,32). The van der Waals surface area contributed by atoms with Crippen molar-refractivity contribution in [3.05, 3.63) is 111 Å². The fraction of sp³-hybridized carbons (Fsp3) is 0.148. The van der Waals surface area contributed by atoms with Crippen LogP contribution in [0.1, 0.15) is 34.5 Å². The van der Waals surface area contributed by atoms with Gasteiger partial charge in [0.2, 0.25) is 11.1 Å². The Balaban J connectivity index is 1.52. The summed E-state index contributed by atoms with van der Waals surface area (Å²) >= 11 is 13.6. The highest BCUT2D eigenvalue weighted by molar-refractivity contribution is 7.98. The Morgan fingerprint density at radius 2 is 1.64 bits per heavy atom. The van der Waals surface area contributed by atoms with Gasteiger partial charge in [0.15, 0.2) is 5.78 Å². The van der Waals surface area contributed by atoms with Crippen LogP contribution < -0.4 is 10.1 Å². The van der Waals surface area contributed by atoms with Crippen LogP contribution in [0, 0.1) is 0 Å². The molecule has 2 heterocycles. The normalized spacial score (nSPS) is 14.8. The number of hydrogen-bond donors (Lipinski definition) is 1. The minimum atomic E-state index is -0.465. The highest BCUT2D eigenvalue weighted by atomic mass is 35.5. The van der Waals surface area contributed by atoms with Crippen molar-refractivity contribution in [1.29, 1.82) is 0 Å². The summed E-state index contributed by atoms with van der Waals surface area (Å²) in [5, 5.41) is 9.97. The van der Waals surface area contributed by atoms with E-state index in [4.69, 9.17) is 38.0 Å². The first-order chi connectivity index (χ1) is 17.4. The van der Waals surface area contributed by atoms with Gasteiger partial charge in [-0.2, -0.15) is 4.98 Å². The summed E-state index contributed by atoms with van der Waals surface area (Å²) in [4.78, 5) is 18.5. The van der Waals surface area contributed by atoms with Crippen LogP contribution in [0.4, 0.5) is 5.95 Å². The van der Waals surface area contributed by atoms with E-state index < -0.39 is 6.04 Å². The summed E-state index contributed by atoms with van der Waals surface area (Å²) in [5.74, 6) is 1.90. The molecular weight excluding hydrogens is 515 g/mol. The molecule has 1 aliphatic heterocycles. The Labute approximate surface area is 223 Å². The predicted molar refractivity (Wildman–Crippen MR) is 144 cm³/mol. The minimum absolute atomic E-state index is 0.103. The average Bonchev–Trinajstić information content (AvgIpc) is 3.30. The van der Waals surface area contributed by atoms with Crippen molar-refractivity contribution in [2.45, 2.75) is 23.9 Å². The number of carbonyl (C=O) groups excluding carboxylic acids is 1. The molecule has 0 saturated carbocycles. The molecule has 0 fully saturated rings. The van der Waals surface area contributed by atoms with Crippen LogP contribution >= 0.6 is 35.0 Å². The predicted octanol–water partition coefficient (Wildman–Crippen LogP) is 7.06. The van der Waals surface area contributed by atoms with Gasteiger partial charge in [0.1, 0.15) is 11.8 Å². The number of Topliss-reactive ketones (excluding diaryl/α,β-unsaturated/α-hetero) is 1. The van der Waals surface area contributed by atoms with E-state index in [1.807, 2.05) is 55.5 Å². The van der Waals surface area contributed by atoms with Crippen LogP contribution in [-0.2, 0) is 5.75 Å². The van der Waals surface area contributed by atoms with Gasteiger partial charge < -0.3 is 10.1 Å². The molecule has 9 heteroatoms. The van der Waals surface area contributed by atoms with Crippen molar-refractivity contribution < 1.29 is 9.53 Å². The van der Waals surface area contributed by atoms with Crippen molar-refractivity contribution in [2.75, 3.05) is 12.4 Å². The maximum atomic E-state index is 13.7. The van der Waals surface area contributed by atoms with Gasteiger partial charge in [-0.1, -0.05) is 59.2 Å². The van der Waals surface area contributed by atoms with E-state index in [1.54, 1.807) is 36.1 Å². The number of halogens is 2. The van der Waals surface area contributed by atoms with Gasteiger partial charge in [-0.05, 0) is 66.6 Å². The summed E-state index contributed by atoms with van der Waals surface area (Å²) in [5.41, 5.74) is 3.88. The zero-order valence-electron chi connectivity index (χ0n) is 19.5. The zero-order chi connectivity index (χ0) is 25.2. The van der Waals surface area contributed by atoms with E-state index >= 15 is 0 Å². The molecule has 5 rings (SSSR count). The third-order valence-electron chi connectivity index (χ3n) is 5.90. The van der Waals surface area contributed by atoms with Gasteiger partial charge in [0.05, 0.1) is 7.11 Å². The maximum absolute atomic E-state index is 13.7. The molecule has 0 aliphatic carbocycles. The average molecular weight is 537 g/mol. The molecule has 36 heavy (non-hydrogen) atoms. The number of thioether (sulfide) groups is 1. The lowest BCUT2D eigenvalue weighted by Gasteiger charge is -2.28. The molecule has 3 aromatic carbocycles. The van der Waals surface area contributed by atoms with Gasteiger partial charge in [0, 0.05) is 32.6 Å². The molecule has 4 aromatic rings. The smallest absolute Gasteiger partial charge is 0.227 e. The second kappa shape index (κ2) is 10.4. The Morgan fingerprint density at radius 1 is 1.00 bits per heavy atom. The number of methoxy groups -OCH3 is 1. The van der Waals surface area contributed by atoms with Crippen molar-refractivity contribution in [1.82, 2.24) is 14.8 Å². The van der Waals surface area contributed by atoms with Crippen molar-refractivity contribution in [3.63, 3.8) is 0 Å². The van der Waals surface area contributed by atoms with E-state index in [-0.39, 0.29) is 5.78 Å². The van der Waals surface area contributed by atoms with Gasteiger partial charge in [-0.3, -0.25) is 4.79 Å². The number of nitrogens with zero attached hydrogens (tertiary/aromatic N) is 3. The monoisotopic (exact) mass is 536 g/mol. The van der Waals surface area contributed by atoms with Crippen molar-refractivity contribution in [2.24, 2.45) is 0 Å². The topological polar surface area (TPSA) is 69.0 Å². The van der Waals surface area contributed by atoms with Crippen molar-refractivity contribution in [3.8, 4) is 5.75 Å². The largest absolute Gasteiger partial charge is 0.497 e. The maximum Gasteiger partial charge on any atom is 0.227 e. The first-order valence-corrected chi connectivity index (χ1v) is 12.9. The summed E-state index contributed by atoms with van der Waals surface area (Å²) in [6.45, 7) is 1.89. The number of allylic oxidation sites excluding steroid dienone is 2. The molecule has 1 N–H and O–H groups in total. The van der Waals surface area contributed by atoms with E-state index in [0.717, 1.165) is 22.6 Å². The Morgan fingerprint density at radius 3 is 2.28 bits per heavy atom. The number of rotatable bonds is 7. The fourth-order valence-electron chi connectivity index (χ4n) is 4.07. The third kappa shape index (κ3) is 5.00. The molecule has 0 amide bonds. The summed E-state index contributed by atoms with van der Waals surface area (Å²) in [6.07, 6.45) is 0. The summed E-state index contributed by atoms with van der Waals surface area (Å²) in [6, 6.07) is 21.8. The van der Waals surface area contributed by atoms with E-state index in [9.17, 15) is 4.79 Å². The number of hydrogen-bond acceptors (Lipinski definition) is 6. The number of ketones is 1. The molecule has 0 saturated heterocycles. The Bertz CT molecular complexity index is 1430. The Kier molecular flexibility index (Phi) is 7.05. The molecular formula is C27H22Cl2N4O2S. The second-order valence-electron chi connectivity index (χ2n) is 8.25. The highest BCUT2D eigenvalue weighted by Crippen LogP contribution is 2.38. The van der Waals surface area contributed by atoms with E-state index in [1.165, 1.54) is 11.8 Å². The lowest BCUT2D eigenvalue weighted by molar-refractivity contribution is 0.102. The third-order valence-corrected chi connectivity index (χ3v) is 7.31. The van der Waals surface area contributed by atoms with Crippen LogP contribution in [0.25, 0.3) is 0 Å². The molecule has 6 nitrogen and oxygen atoms in total. The molecule has 1 aromatic heterocycles. The number of aromatic nitrogens is 3. The quantitative estimate of drug-likeness (QED) is 0.201. The summed E-state index contributed by atoms with van der Waals surface area (Å²) in [7, 11) is 1.62. The second-order valence-corrected chi connectivity index (χ2v) is 10.1. The first-order valence-electron chi connectivity index (χ1n) is 11.2. The number of fused-ring (bicyclic) bond motifs is 1. The summed E-state index contributed by atoms with van der Waals surface area (Å²) < 4.78 is 7.12. The Hall–Kier alpha value is -3.26. The van der Waals surface area contributed by atoms with Crippen molar-refractivity contribution >= 4 is 46.7 Å². The van der Waals surface area contributed by atoms with Gasteiger partial charge in [-0.25, -0.2) is 4.68 Å². The molecule has 0 bridgehead atoms. The number of benzene rings is 3. The fourth-order valence-corrected chi connectivity index (χ4v) is 5.10. The van der Waals surface area contributed by atoms with Crippen LogP contribution in [-0.4, -0.2) is 27.7 Å². The molecule has 0 radical (unpaired) electrons. The lowest BCUT2D eigenvalue weighted by Crippen LogP contribution is -2.28. The lowest BCUT2D eigenvalue weighted by atomic mass is 9.90. The number of anilines is 1. The van der Waals surface area contributed by atoms with Gasteiger partial charge in [0.25, 0.3) is 0 Å².